The van der Waals surface area contributed by atoms with Crippen LogP contribution in [0.15, 0.2) is 11.1 Å². The Balaban J connectivity index is 6.29. The lowest BCUT2D eigenvalue weighted by molar-refractivity contribution is -0.137. The van der Waals surface area contributed by atoms with Crippen LogP contribution in [-0.4, -0.2) is 30.2 Å². The molecule has 0 amide bonds. The molecule has 4 nitrogen and oxygen atoms in total. The molecule has 0 aliphatic rings. The van der Waals surface area contributed by atoms with Gasteiger partial charge in [0.2, 0.25) is 0 Å². The Morgan fingerprint density at radius 2 is 1.47 bits per heavy atom. The monoisotopic (exact) mass is 286 g/mol. The maximum absolute atomic E-state index is 11.6. The number of carboxylic acids is 2. The van der Waals surface area contributed by atoms with Gasteiger partial charge < -0.3 is 10.2 Å². The highest BCUT2D eigenvalue weighted by Crippen LogP contribution is 2.40. The normalized spacial score (nSPS) is 15.7. The van der Waals surface area contributed by atoms with Crippen molar-refractivity contribution in [1.82, 2.24) is 0 Å². The summed E-state index contributed by atoms with van der Waals surface area (Å²) in [5.41, 5.74) is -0.710. The molecule has 5 heteroatoms. The van der Waals surface area contributed by atoms with Crippen molar-refractivity contribution in [3.8, 4) is 0 Å². The Kier molecular flexibility index (Phi) is 5.56. The fourth-order valence-electron chi connectivity index (χ4n) is 2.52. The second-order valence-electron chi connectivity index (χ2n) is 6.98. The Morgan fingerprint density at radius 1 is 1.05 bits per heavy atom. The summed E-state index contributed by atoms with van der Waals surface area (Å²) in [7, 11) is -1.80. The molecule has 0 radical (unpaired) electrons. The lowest BCUT2D eigenvalue weighted by Gasteiger charge is -2.32. The average Bonchev–Trinajstić information content (AvgIpc) is 2.11. The van der Waals surface area contributed by atoms with Crippen molar-refractivity contribution in [2.45, 2.75) is 59.3 Å². The van der Waals surface area contributed by atoms with Crippen LogP contribution in [0.25, 0.3) is 0 Å². The SMILES string of the molecule is CCC(C(C(=O)O)=C(C(=O)O)C(C)(C)C)[Si](C)(C)C. The summed E-state index contributed by atoms with van der Waals surface area (Å²) < 4.78 is 0. The highest BCUT2D eigenvalue weighted by Gasteiger charge is 2.39. The maximum Gasteiger partial charge on any atom is 0.332 e. The van der Waals surface area contributed by atoms with Crippen LogP contribution in [0.3, 0.4) is 0 Å². The van der Waals surface area contributed by atoms with Crippen molar-refractivity contribution in [2.75, 3.05) is 0 Å². The van der Waals surface area contributed by atoms with Crippen molar-refractivity contribution in [2.24, 2.45) is 5.41 Å². The highest BCUT2D eigenvalue weighted by atomic mass is 28.3. The summed E-state index contributed by atoms with van der Waals surface area (Å²) in [6.07, 6.45) is 0.657. The summed E-state index contributed by atoms with van der Waals surface area (Å²) in [6, 6.07) is 0. The molecule has 0 aromatic heterocycles. The topological polar surface area (TPSA) is 74.6 Å². The molecule has 1 unspecified atom stereocenters. The predicted octanol–water partition coefficient (Wildman–Crippen LogP) is 3.62. The van der Waals surface area contributed by atoms with Gasteiger partial charge in [0.1, 0.15) is 0 Å². The molecule has 0 heterocycles. The van der Waals surface area contributed by atoms with Crippen LogP contribution in [-0.2, 0) is 9.59 Å². The number of hydrogen-bond acceptors (Lipinski definition) is 2. The second-order valence-corrected chi connectivity index (χ2v) is 12.4. The summed E-state index contributed by atoms with van der Waals surface area (Å²) in [5.74, 6) is -2.22. The van der Waals surface area contributed by atoms with E-state index in [0.717, 1.165) is 0 Å². The first-order valence-corrected chi connectivity index (χ1v) is 10.1. The van der Waals surface area contributed by atoms with Crippen molar-refractivity contribution in [1.29, 1.82) is 0 Å². The Morgan fingerprint density at radius 3 is 1.63 bits per heavy atom. The minimum absolute atomic E-state index is 0.0364. The standard InChI is InChI=1S/C14H26O4Si/c1-8-9(19(5,6)7)10(12(15)16)11(13(17)18)14(2,3)4/h9H,8H2,1-7H3,(H,15,16)(H,17,18). The first-order chi connectivity index (χ1) is 8.34. The zero-order valence-electron chi connectivity index (χ0n) is 13.0. The smallest absolute Gasteiger partial charge is 0.332 e. The molecule has 1 atom stereocenters. The maximum atomic E-state index is 11.6. The number of carboxylic acid groups (broad SMARTS) is 2. The highest BCUT2D eigenvalue weighted by molar-refractivity contribution is 6.78. The summed E-state index contributed by atoms with van der Waals surface area (Å²) in [6.45, 7) is 13.4. The molecule has 0 saturated heterocycles. The third-order valence-corrected chi connectivity index (χ3v) is 6.05. The Bertz CT molecular complexity index is 397. The van der Waals surface area contributed by atoms with E-state index in [1.165, 1.54) is 0 Å². The number of carbonyl (C=O) groups is 2. The molecule has 19 heavy (non-hydrogen) atoms. The van der Waals surface area contributed by atoms with Gasteiger partial charge in [0.05, 0.1) is 13.6 Å². The molecule has 0 spiro atoms. The van der Waals surface area contributed by atoms with Crippen LogP contribution in [0.5, 0.6) is 0 Å². The Hall–Kier alpha value is -1.10. The van der Waals surface area contributed by atoms with E-state index in [2.05, 4.69) is 19.6 Å². The van der Waals surface area contributed by atoms with Crippen LogP contribution >= 0.6 is 0 Å². The van der Waals surface area contributed by atoms with Crippen molar-refractivity contribution in [3.05, 3.63) is 11.1 Å². The van der Waals surface area contributed by atoms with Gasteiger partial charge in [0, 0.05) is 5.57 Å². The molecule has 0 fully saturated rings. The van der Waals surface area contributed by atoms with Crippen molar-refractivity contribution in [3.63, 3.8) is 0 Å². The van der Waals surface area contributed by atoms with Crippen molar-refractivity contribution < 1.29 is 19.8 Å². The first-order valence-electron chi connectivity index (χ1n) is 6.55. The van der Waals surface area contributed by atoms with E-state index in [9.17, 15) is 19.8 Å². The molecular formula is C14H26O4Si. The lowest BCUT2D eigenvalue weighted by Crippen LogP contribution is -2.35. The molecule has 0 rings (SSSR count). The van der Waals surface area contributed by atoms with Crippen LogP contribution in [0.4, 0.5) is 0 Å². The molecule has 0 aromatic rings. The van der Waals surface area contributed by atoms with Gasteiger partial charge in [0.25, 0.3) is 0 Å². The number of hydrogen-bond donors (Lipinski definition) is 2. The van der Waals surface area contributed by atoms with E-state index in [1.54, 1.807) is 20.8 Å². The molecule has 0 aliphatic heterocycles. The van der Waals surface area contributed by atoms with Gasteiger partial charge in [-0.25, -0.2) is 9.59 Å². The van der Waals surface area contributed by atoms with E-state index in [4.69, 9.17) is 0 Å². The third kappa shape index (κ3) is 4.49. The van der Waals surface area contributed by atoms with E-state index in [-0.39, 0.29) is 16.7 Å². The molecule has 2 N–H and O–H groups in total. The van der Waals surface area contributed by atoms with Gasteiger partial charge in [0.15, 0.2) is 0 Å². The first kappa shape index (κ1) is 17.9. The molecule has 0 aliphatic carbocycles. The van der Waals surface area contributed by atoms with Gasteiger partial charge in [-0.3, -0.25) is 0 Å². The van der Waals surface area contributed by atoms with Crippen LogP contribution in [0.1, 0.15) is 34.1 Å². The zero-order valence-corrected chi connectivity index (χ0v) is 14.0. The minimum Gasteiger partial charge on any atom is -0.478 e. The second kappa shape index (κ2) is 5.90. The van der Waals surface area contributed by atoms with Gasteiger partial charge in [-0.15, -0.1) is 0 Å². The van der Waals surface area contributed by atoms with Crippen LogP contribution < -0.4 is 0 Å². The largest absolute Gasteiger partial charge is 0.478 e. The lowest BCUT2D eigenvalue weighted by atomic mass is 9.82. The van der Waals surface area contributed by atoms with E-state index in [1.807, 2.05) is 6.92 Å². The molecule has 0 saturated carbocycles. The summed E-state index contributed by atoms with van der Waals surface area (Å²) in [4.78, 5) is 23.2. The average molecular weight is 286 g/mol. The third-order valence-electron chi connectivity index (χ3n) is 3.27. The summed E-state index contributed by atoms with van der Waals surface area (Å²) >= 11 is 0. The summed E-state index contributed by atoms with van der Waals surface area (Å²) in [5, 5.41) is 19.0. The van der Waals surface area contributed by atoms with Gasteiger partial charge in [-0.05, 0) is 11.0 Å². The number of aliphatic carboxylic acids is 2. The fraction of sp³-hybridized carbons (Fsp3) is 0.714. The van der Waals surface area contributed by atoms with E-state index < -0.39 is 25.4 Å². The zero-order chi connectivity index (χ0) is 15.6. The quantitative estimate of drug-likeness (QED) is 0.598. The fourth-order valence-corrected chi connectivity index (χ4v) is 4.88. The van der Waals surface area contributed by atoms with Crippen LogP contribution in [0.2, 0.25) is 25.2 Å². The van der Waals surface area contributed by atoms with E-state index >= 15 is 0 Å². The van der Waals surface area contributed by atoms with Gasteiger partial charge in [-0.1, -0.05) is 53.8 Å². The molecular weight excluding hydrogens is 260 g/mol. The minimum atomic E-state index is -1.80. The van der Waals surface area contributed by atoms with Gasteiger partial charge in [-0.2, -0.15) is 0 Å². The predicted molar refractivity (Wildman–Crippen MR) is 79.1 cm³/mol. The molecule has 0 aromatic carbocycles. The number of rotatable bonds is 5. The van der Waals surface area contributed by atoms with Gasteiger partial charge >= 0.3 is 11.9 Å². The van der Waals surface area contributed by atoms with Crippen LogP contribution in [0, 0.1) is 5.41 Å². The van der Waals surface area contributed by atoms with E-state index in [0.29, 0.717) is 6.42 Å². The molecule has 0 bridgehead atoms. The Labute approximate surface area is 116 Å². The molecule has 110 valence electrons. The van der Waals surface area contributed by atoms with Crippen molar-refractivity contribution >= 4 is 20.0 Å².